The molecule has 0 bridgehead atoms. The van der Waals surface area contributed by atoms with E-state index in [1.807, 2.05) is 24.3 Å². The average Bonchev–Trinajstić information content (AvgIpc) is 2.79. The molecule has 0 atom stereocenters. The summed E-state index contributed by atoms with van der Waals surface area (Å²) in [7, 11) is 0. The Hall–Kier alpha value is -2.73. The van der Waals surface area contributed by atoms with Gasteiger partial charge in [0.25, 0.3) is 0 Å². The zero-order chi connectivity index (χ0) is 21.0. The fraction of sp³-hybridized carbons (Fsp3) is 0.458. The predicted octanol–water partition coefficient (Wildman–Crippen LogP) is 4.20. The van der Waals surface area contributed by atoms with E-state index in [9.17, 15) is 4.79 Å². The number of urea groups is 1. The summed E-state index contributed by atoms with van der Waals surface area (Å²) in [5.41, 5.74) is 2.07. The Labute approximate surface area is 180 Å². The number of hydrogen-bond acceptors (Lipinski definition) is 4. The molecule has 6 heteroatoms. The van der Waals surface area contributed by atoms with E-state index in [1.54, 1.807) is 0 Å². The molecule has 2 aromatic rings. The molecule has 2 N–H and O–H groups in total. The molecule has 0 saturated carbocycles. The van der Waals surface area contributed by atoms with Gasteiger partial charge < -0.3 is 20.3 Å². The molecule has 30 heavy (non-hydrogen) atoms. The highest BCUT2D eigenvalue weighted by Crippen LogP contribution is 2.16. The van der Waals surface area contributed by atoms with E-state index in [2.05, 4.69) is 57.7 Å². The van der Waals surface area contributed by atoms with Crippen molar-refractivity contribution in [2.45, 2.75) is 26.2 Å². The van der Waals surface area contributed by atoms with Crippen LogP contribution in [0, 0.1) is 0 Å². The zero-order valence-corrected chi connectivity index (χ0v) is 18.0. The fourth-order valence-electron chi connectivity index (χ4n) is 3.52. The number of hydrogen-bond donors (Lipinski definition) is 2. The van der Waals surface area contributed by atoms with Crippen molar-refractivity contribution in [3.8, 4) is 5.75 Å². The van der Waals surface area contributed by atoms with Gasteiger partial charge in [0.2, 0.25) is 0 Å². The van der Waals surface area contributed by atoms with Crippen LogP contribution in [0.5, 0.6) is 5.75 Å². The van der Waals surface area contributed by atoms with Crippen LogP contribution in [0.4, 0.5) is 16.2 Å². The van der Waals surface area contributed by atoms with Crippen LogP contribution in [0.15, 0.2) is 54.6 Å². The molecule has 3 rings (SSSR count). The highest BCUT2D eigenvalue weighted by molar-refractivity contribution is 5.89. The van der Waals surface area contributed by atoms with Crippen molar-refractivity contribution in [2.24, 2.45) is 0 Å². The van der Waals surface area contributed by atoms with Gasteiger partial charge >= 0.3 is 6.03 Å². The second-order valence-electron chi connectivity index (χ2n) is 7.63. The van der Waals surface area contributed by atoms with E-state index < -0.39 is 0 Å². The summed E-state index contributed by atoms with van der Waals surface area (Å²) in [4.78, 5) is 17.0. The average molecular weight is 411 g/mol. The van der Waals surface area contributed by atoms with E-state index in [0.717, 1.165) is 70.0 Å². The molecule has 1 aliphatic heterocycles. The monoisotopic (exact) mass is 410 g/mol. The minimum absolute atomic E-state index is 0.163. The summed E-state index contributed by atoms with van der Waals surface area (Å²) in [6.07, 6.45) is 3.11. The molecule has 1 aliphatic rings. The van der Waals surface area contributed by atoms with Crippen LogP contribution in [-0.4, -0.2) is 56.8 Å². The van der Waals surface area contributed by atoms with E-state index >= 15 is 0 Å². The Bertz CT molecular complexity index is 744. The van der Waals surface area contributed by atoms with E-state index in [-0.39, 0.29) is 6.03 Å². The molecule has 6 nitrogen and oxygen atoms in total. The highest BCUT2D eigenvalue weighted by Gasteiger charge is 2.16. The van der Waals surface area contributed by atoms with Gasteiger partial charge in [-0.05, 0) is 55.8 Å². The number of carbonyl (C=O) groups is 1. The van der Waals surface area contributed by atoms with Crippen LogP contribution in [-0.2, 0) is 0 Å². The molecular weight excluding hydrogens is 376 g/mol. The van der Waals surface area contributed by atoms with Crippen molar-refractivity contribution in [1.82, 2.24) is 10.2 Å². The van der Waals surface area contributed by atoms with Crippen molar-refractivity contribution in [1.29, 1.82) is 0 Å². The summed E-state index contributed by atoms with van der Waals surface area (Å²) in [6.45, 7) is 8.77. The first kappa shape index (κ1) is 22.0. The normalized spacial score (nSPS) is 14.4. The number of ether oxygens (including phenoxy) is 1. The Morgan fingerprint density at radius 3 is 2.40 bits per heavy atom. The van der Waals surface area contributed by atoms with Gasteiger partial charge in [0.15, 0.2) is 0 Å². The maximum atomic E-state index is 12.1. The van der Waals surface area contributed by atoms with Gasteiger partial charge in [0, 0.05) is 44.1 Å². The molecule has 1 saturated heterocycles. The summed E-state index contributed by atoms with van der Waals surface area (Å²) in [6, 6.07) is 17.9. The van der Waals surface area contributed by atoms with Crippen molar-refractivity contribution in [2.75, 3.05) is 56.1 Å². The molecule has 2 amide bonds. The standard InChI is InChI=1S/C24H34N4O2/c1-2-3-20-30-23-12-10-21(11-13-23)26-24(29)25-14-7-15-27-16-18-28(19-17-27)22-8-5-4-6-9-22/h4-6,8-13H,2-3,7,14-20H2,1H3,(H2,25,26,29). The maximum absolute atomic E-state index is 12.1. The summed E-state index contributed by atoms with van der Waals surface area (Å²) in [5.74, 6) is 0.835. The Morgan fingerprint density at radius 1 is 0.967 bits per heavy atom. The summed E-state index contributed by atoms with van der Waals surface area (Å²) < 4.78 is 5.64. The van der Waals surface area contributed by atoms with Gasteiger partial charge in [0.05, 0.1) is 6.61 Å². The number of amides is 2. The van der Waals surface area contributed by atoms with E-state index in [4.69, 9.17) is 4.74 Å². The van der Waals surface area contributed by atoms with Gasteiger partial charge in [-0.2, -0.15) is 0 Å². The third-order valence-electron chi connectivity index (χ3n) is 5.31. The van der Waals surface area contributed by atoms with Gasteiger partial charge in [0.1, 0.15) is 5.75 Å². The van der Waals surface area contributed by atoms with Crippen molar-refractivity contribution < 1.29 is 9.53 Å². The number of nitrogens with zero attached hydrogens (tertiary/aromatic N) is 2. The largest absolute Gasteiger partial charge is 0.494 e. The molecule has 0 aromatic heterocycles. The topological polar surface area (TPSA) is 56.8 Å². The van der Waals surface area contributed by atoms with Crippen molar-refractivity contribution >= 4 is 17.4 Å². The number of carbonyl (C=O) groups excluding carboxylic acids is 1. The van der Waals surface area contributed by atoms with Crippen LogP contribution in [0.25, 0.3) is 0 Å². The van der Waals surface area contributed by atoms with Gasteiger partial charge in [-0.25, -0.2) is 4.79 Å². The number of anilines is 2. The van der Waals surface area contributed by atoms with E-state index in [0.29, 0.717) is 6.54 Å². The minimum Gasteiger partial charge on any atom is -0.494 e. The second-order valence-corrected chi connectivity index (χ2v) is 7.63. The van der Waals surface area contributed by atoms with Gasteiger partial charge in [-0.1, -0.05) is 31.5 Å². The number of para-hydroxylation sites is 1. The number of nitrogens with one attached hydrogen (secondary N) is 2. The van der Waals surface area contributed by atoms with Crippen LogP contribution in [0.3, 0.4) is 0 Å². The lowest BCUT2D eigenvalue weighted by molar-refractivity contribution is 0.244. The number of piperazine rings is 1. The number of benzene rings is 2. The summed E-state index contributed by atoms with van der Waals surface area (Å²) >= 11 is 0. The van der Waals surface area contributed by atoms with Gasteiger partial charge in [-0.15, -0.1) is 0 Å². The molecule has 0 radical (unpaired) electrons. The molecule has 1 heterocycles. The fourth-order valence-corrected chi connectivity index (χ4v) is 3.52. The highest BCUT2D eigenvalue weighted by atomic mass is 16.5. The number of rotatable bonds is 10. The molecule has 2 aromatic carbocycles. The molecule has 1 fully saturated rings. The molecule has 0 aliphatic carbocycles. The van der Waals surface area contributed by atoms with Crippen molar-refractivity contribution in [3.05, 3.63) is 54.6 Å². The van der Waals surface area contributed by atoms with Gasteiger partial charge in [-0.3, -0.25) is 4.90 Å². The second kappa shape index (κ2) is 12.1. The first-order chi connectivity index (χ1) is 14.7. The lowest BCUT2D eigenvalue weighted by Gasteiger charge is -2.36. The lowest BCUT2D eigenvalue weighted by atomic mass is 10.2. The minimum atomic E-state index is -0.163. The molecule has 162 valence electrons. The first-order valence-corrected chi connectivity index (χ1v) is 11.0. The third kappa shape index (κ3) is 7.26. The zero-order valence-electron chi connectivity index (χ0n) is 18.0. The third-order valence-corrected chi connectivity index (χ3v) is 5.31. The molecule has 0 spiro atoms. The van der Waals surface area contributed by atoms with Crippen LogP contribution >= 0.6 is 0 Å². The lowest BCUT2D eigenvalue weighted by Crippen LogP contribution is -2.47. The number of unbranched alkanes of at least 4 members (excludes halogenated alkanes) is 1. The molecular formula is C24H34N4O2. The Morgan fingerprint density at radius 2 is 1.70 bits per heavy atom. The quantitative estimate of drug-likeness (QED) is 0.577. The predicted molar refractivity (Wildman–Crippen MR) is 124 cm³/mol. The SMILES string of the molecule is CCCCOc1ccc(NC(=O)NCCCN2CCN(c3ccccc3)CC2)cc1. The maximum Gasteiger partial charge on any atom is 0.319 e. The molecule has 0 unspecified atom stereocenters. The van der Waals surface area contributed by atoms with E-state index in [1.165, 1.54) is 5.69 Å². The first-order valence-electron chi connectivity index (χ1n) is 11.0. The smallest absolute Gasteiger partial charge is 0.319 e. The van der Waals surface area contributed by atoms with Crippen LogP contribution in [0.1, 0.15) is 26.2 Å². The van der Waals surface area contributed by atoms with Crippen LogP contribution < -0.4 is 20.3 Å². The summed E-state index contributed by atoms with van der Waals surface area (Å²) in [5, 5.41) is 5.82. The Balaban J connectivity index is 1.27. The Kier molecular flexibility index (Phi) is 8.84. The van der Waals surface area contributed by atoms with Crippen LogP contribution in [0.2, 0.25) is 0 Å². The van der Waals surface area contributed by atoms with Crippen molar-refractivity contribution in [3.63, 3.8) is 0 Å².